The van der Waals surface area contributed by atoms with Crippen molar-refractivity contribution < 1.29 is 27.8 Å². The minimum Gasteiger partial charge on any atom is -0.490 e. The fraction of sp³-hybridized carbons (Fsp3) is 0.719. The summed E-state index contributed by atoms with van der Waals surface area (Å²) in [4.78, 5) is 11.5. The molecule has 2 aliphatic rings. The van der Waals surface area contributed by atoms with E-state index >= 15 is 0 Å². The van der Waals surface area contributed by atoms with Gasteiger partial charge in [0.1, 0.15) is 5.60 Å². The van der Waals surface area contributed by atoms with Crippen LogP contribution in [0.4, 0.5) is 8.78 Å². The number of hydrogen-bond acceptors (Lipinski definition) is 4. The van der Waals surface area contributed by atoms with E-state index in [1.807, 2.05) is 13.8 Å². The first kappa shape index (κ1) is 30.4. The van der Waals surface area contributed by atoms with E-state index in [2.05, 4.69) is 20.4 Å². The van der Waals surface area contributed by atoms with Crippen LogP contribution < -0.4 is 9.47 Å². The molecule has 0 saturated heterocycles. The molecule has 6 heteroatoms. The second kappa shape index (κ2) is 13.3. The summed E-state index contributed by atoms with van der Waals surface area (Å²) in [5.74, 6) is 0.895. The molecule has 38 heavy (non-hydrogen) atoms. The molecule has 0 heterocycles. The zero-order valence-corrected chi connectivity index (χ0v) is 24.1. The van der Waals surface area contributed by atoms with Gasteiger partial charge in [0.25, 0.3) is 0 Å². The third-order valence-corrected chi connectivity index (χ3v) is 8.87. The minimum atomic E-state index is -0.659. The lowest BCUT2D eigenvalue weighted by molar-refractivity contribution is -0.157. The molecular weight excluding hydrogens is 486 g/mol. The largest absolute Gasteiger partial charge is 0.490 e. The van der Waals surface area contributed by atoms with Crippen LogP contribution in [0, 0.1) is 40.7 Å². The third kappa shape index (κ3) is 8.98. The van der Waals surface area contributed by atoms with Crippen LogP contribution in [0.3, 0.4) is 0 Å². The Morgan fingerprint density at radius 1 is 0.895 bits per heavy atom. The fourth-order valence-electron chi connectivity index (χ4n) is 7.07. The minimum absolute atomic E-state index is 0.0604. The molecule has 2 fully saturated rings. The maximum Gasteiger partial charge on any atom is 0.303 e. The highest BCUT2D eigenvalue weighted by atomic mass is 19.1. The quantitative estimate of drug-likeness (QED) is 0.198. The highest BCUT2D eigenvalue weighted by molar-refractivity contribution is 5.66. The SMILES string of the molecule is C=COc1cc(F)c(OCC2CCC(CCC3CCC(C(C)(C)CC(C)(C)OC(C)=O)CC3)CC2)cc1F. The molecule has 0 atom stereocenters. The summed E-state index contributed by atoms with van der Waals surface area (Å²) in [5.41, 5.74) is -0.272. The first-order valence-corrected chi connectivity index (χ1v) is 14.5. The van der Waals surface area contributed by atoms with Gasteiger partial charge in [0, 0.05) is 19.1 Å². The van der Waals surface area contributed by atoms with E-state index in [0.717, 1.165) is 49.5 Å². The molecule has 0 aromatic heterocycles. The van der Waals surface area contributed by atoms with Crippen LogP contribution in [0.1, 0.15) is 105 Å². The van der Waals surface area contributed by atoms with Crippen LogP contribution in [-0.2, 0) is 9.53 Å². The van der Waals surface area contributed by atoms with Gasteiger partial charge in [-0.15, -0.1) is 0 Å². The Hall–Kier alpha value is -2.11. The Morgan fingerprint density at radius 3 is 1.95 bits per heavy atom. The van der Waals surface area contributed by atoms with E-state index in [1.165, 1.54) is 58.3 Å². The molecule has 1 aromatic rings. The standard InChI is InChI=1S/C32H48F2O4/c1-7-36-29-18-28(34)30(19-27(29)33)37-20-25-12-10-23(11-13-25)8-9-24-14-16-26(17-15-24)31(3,4)21-32(5,6)38-22(2)35/h7,18-19,23-26H,1,8-17,20-21H2,2-6H3. The van der Waals surface area contributed by atoms with Gasteiger partial charge in [-0.05, 0) is 75.0 Å². The Morgan fingerprint density at radius 2 is 1.39 bits per heavy atom. The Balaban J connectivity index is 1.35. The summed E-state index contributed by atoms with van der Waals surface area (Å²) in [5, 5.41) is 0. The molecule has 2 saturated carbocycles. The van der Waals surface area contributed by atoms with Crippen molar-refractivity contribution in [2.45, 2.75) is 111 Å². The average molecular weight is 535 g/mol. The van der Waals surface area contributed by atoms with E-state index in [-0.39, 0.29) is 22.9 Å². The van der Waals surface area contributed by atoms with Gasteiger partial charge in [0.2, 0.25) is 0 Å². The first-order chi connectivity index (χ1) is 17.9. The molecule has 0 aliphatic heterocycles. The van der Waals surface area contributed by atoms with Crippen molar-refractivity contribution in [1.82, 2.24) is 0 Å². The molecule has 0 spiro atoms. The summed E-state index contributed by atoms with van der Waals surface area (Å²) >= 11 is 0. The average Bonchev–Trinajstić information content (AvgIpc) is 2.83. The van der Waals surface area contributed by atoms with Gasteiger partial charge in [-0.3, -0.25) is 4.79 Å². The summed E-state index contributed by atoms with van der Waals surface area (Å²) in [6.45, 7) is 14.0. The monoisotopic (exact) mass is 534 g/mol. The number of carbonyl (C=O) groups excluding carboxylic acids is 1. The molecule has 1 aromatic carbocycles. The molecule has 0 unspecified atom stereocenters. The van der Waals surface area contributed by atoms with E-state index in [0.29, 0.717) is 18.4 Å². The number of rotatable bonds is 12. The van der Waals surface area contributed by atoms with E-state index in [1.54, 1.807) is 0 Å². The Kier molecular flexibility index (Phi) is 10.7. The van der Waals surface area contributed by atoms with Crippen LogP contribution in [0.2, 0.25) is 0 Å². The summed E-state index contributed by atoms with van der Waals surface area (Å²) < 4.78 is 44.3. The third-order valence-electron chi connectivity index (χ3n) is 8.87. The van der Waals surface area contributed by atoms with Crippen LogP contribution in [0.5, 0.6) is 11.5 Å². The number of ether oxygens (including phenoxy) is 3. The lowest BCUT2D eigenvalue weighted by Gasteiger charge is -2.43. The normalized spacial score (nSPS) is 24.5. The van der Waals surface area contributed by atoms with Gasteiger partial charge in [-0.2, -0.15) is 0 Å². The maximum absolute atomic E-state index is 14.2. The molecular formula is C32H48F2O4. The van der Waals surface area contributed by atoms with Gasteiger partial charge < -0.3 is 14.2 Å². The van der Waals surface area contributed by atoms with Gasteiger partial charge >= 0.3 is 5.97 Å². The number of carbonyl (C=O) groups is 1. The van der Waals surface area contributed by atoms with E-state index in [4.69, 9.17) is 14.2 Å². The van der Waals surface area contributed by atoms with Crippen LogP contribution in [0.15, 0.2) is 25.0 Å². The number of esters is 1. The number of benzene rings is 1. The van der Waals surface area contributed by atoms with Gasteiger partial charge in [-0.1, -0.05) is 59.0 Å². The van der Waals surface area contributed by atoms with Crippen molar-refractivity contribution in [3.05, 3.63) is 36.6 Å². The zero-order chi connectivity index (χ0) is 27.9. The molecule has 0 N–H and O–H groups in total. The summed E-state index contributed by atoms with van der Waals surface area (Å²) in [7, 11) is 0. The molecule has 214 valence electrons. The van der Waals surface area contributed by atoms with Crippen LogP contribution in [0.25, 0.3) is 0 Å². The van der Waals surface area contributed by atoms with Crippen molar-refractivity contribution >= 4 is 5.97 Å². The number of halogens is 2. The van der Waals surface area contributed by atoms with E-state index < -0.39 is 17.2 Å². The lowest BCUT2D eigenvalue weighted by Crippen LogP contribution is -2.38. The number of hydrogen-bond donors (Lipinski definition) is 0. The van der Waals surface area contributed by atoms with Crippen molar-refractivity contribution in [1.29, 1.82) is 0 Å². The van der Waals surface area contributed by atoms with Crippen molar-refractivity contribution in [2.75, 3.05) is 6.61 Å². The Labute approximate surface area is 228 Å². The maximum atomic E-state index is 14.2. The van der Waals surface area contributed by atoms with Crippen molar-refractivity contribution in [3.63, 3.8) is 0 Å². The topological polar surface area (TPSA) is 44.8 Å². The second-order valence-corrected chi connectivity index (χ2v) is 13.0. The van der Waals surface area contributed by atoms with Gasteiger partial charge in [0.15, 0.2) is 23.1 Å². The summed E-state index contributed by atoms with van der Waals surface area (Å²) in [6.07, 6.45) is 14.2. The molecule has 0 bridgehead atoms. The molecule has 0 amide bonds. The second-order valence-electron chi connectivity index (χ2n) is 13.0. The highest BCUT2D eigenvalue weighted by Gasteiger charge is 2.38. The van der Waals surface area contributed by atoms with Crippen molar-refractivity contribution in [3.8, 4) is 11.5 Å². The van der Waals surface area contributed by atoms with Crippen LogP contribution in [-0.4, -0.2) is 18.2 Å². The molecule has 2 aliphatic carbocycles. The summed E-state index contributed by atoms with van der Waals surface area (Å²) in [6, 6.07) is 2.05. The Bertz CT molecular complexity index is 926. The van der Waals surface area contributed by atoms with Crippen LogP contribution >= 0.6 is 0 Å². The first-order valence-electron chi connectivity index (χ1n) is 14.5. The molecule has 3 rings (SSSR count). The van der Waals surface area contributed by atoms with Gasteiger partial charge in [-0.25, -0.2) is 8.78 Å². The predicted molar refractivity (Wildman–Crippen MR) is 147 cm³/mol. The van der Waals surface area contributed by atoms with Crippen molar-refractivity contribution in [2.24, 2.45) is 29.1 Å². The fourth-order valence-corrected chi connectivity index (χ4v) is 7.07. The molecule has 0 radical (unpaired) electrons. The van der Waals surface area contributed by atoms with E-state index in [9.17, 15) is 13.6 Å². The smallest absolute Gasteiger partial charge is 0.303 e. The predicted octanol–water partition coefficient (Wildman–Crippen LogP) is 9.02. The zero-order valence-electron chi connectivity index (χ0n) is 24.1. The van der Waals surface area contributed by atoms with Gasteiger partial charge in [0.05, 0.1) is 12.9 Å². The highest BCUT2D eigenvalue weighted by Crippen LogP contribution is 2.46. The lowest BCUT2D eigenvalue weighted by atomic mass is 9.64. The molecule has 4 nitrogen and oxygen atoms in total.